The molecule has 8 aromatic rings. The van der Waals surface area contributed by atoms with Gasteiger partial charge in [0.1, 0.15) is 11.4 Å². The number of nitrogens with two attached hydrogens (primary N) is 1. The third-order valence-corrected chi connectivity index (χ3v) is 17.9. The Labute approximate surface area is 522 Å². The molecule has 1 amide bonds. The number of carbonyl (C=O) groups is 2. The van der Waals surface area contributed by atoms with E-state index >= 15 is 0 Å². The van der Waals surface area contributed by atoms with Gasteiger partial charge in [-0.2, -0.15) is 0 Å². The summed E-state index contributed by atoms with van der Waals surface area (Å²) in [6.07, 6.45) is 4.48. The zero-order valence-corrected chi connectivity index (χ0v) is 52.0. The highest BCUT2D eigenvalue weighted by molar-refractivity contribution is 6.62. The van der Waals surface area contributed by atoms with Crippen LogP contribution in [0.25, 0.3) is 11.0 Å². The van der Waals surface area contributed by atoms with E-state index in [0.717, 1.165) is 72.2 Å². The number of carboxylic acid groups (broad SMARTS) is 1. The predicted octanol–water partition coefficient (Wildman–Crippen LogP) is 13.1. The SMILES string of the molecule is CC(N)c1ccc2c(c1)B(O)OC2(C)C.CC(NC(=O)c1ccc(C2=NOC(C)(c3cc(Cl)c(Cl)c(Cl)c3)C2)c2cccn12)c1ccc2c(c1)B(O)OC2(C)C.CC1(c2cc(Cl)c(Cl)c(Cl)c2)CC(c2ccc(C(=O)O)n3cccc23)=NO1.Cl. The summed E-state index contributed by atoms with van der Waals surface area (Å²) in [6.45, 7) is 15.4. The Balaban J connectivity index is 0.000000168. The van der Waals surface area contributed by atoms with Crippen LogP contribution in [0, 0.1) is 0 Å². The summed E-state index contributed by atoms with van der Waals surface area (Å²) < 4.78 is 14.6. The monoisotopic (exact) mass is 1270 g/mol. The van der Waals surface area contributed by atoms with Gasteiger partial charge in [0.05, 0.1) is 69.8 Å². The molecule has 15 nitrogen and oxygen atoms in total. The number of nitrogens with zero attached hydrogens (tertiary/aromatic N) is 4. The molecule has 4 aliphatic heterocycles. The fraction of sp³-hybridized carbons (Fsp3) is 0.267. The number of carbonyl (C=O) groups excluding carboxylic acids is 1. The average Bonchev–Trinajstić information content (AvgIpc) is 2.54. The quantitative estimate of drug-likeness (QED) is 0.0683. The Morgan fingerprint density at radius 2 is 1.01 bits per heavy atom. The van der Waals surface area contributed by atoms with Crippen LogP contribution in [0.5, 0.6) is 0 Å². The minimum Gasteiger partial charge on any atom is -0.477 e. The van der Waals surface area contributed by atoms with E-state index in [-0.39, 0.29) is 36.1 Å². The summed E-state index contributed by atoms with van der Waals surface area (Å²) in [6, 6.07) is 32.7. The standard InChI is InChI=1S/C30H27BCl3N3O4.C19H13Cl3N2O3.C11H16BNO2.ClH/c1-16(17-7-9-20-21(12-17)31(39)40-29(20,2)3)35-28(38)26-10-8-19(25-6-5-11-37(25)26)24-15-30(4,41-36-24)18-13-22(32)27(34)23(33)14-18;1-19(10-7-12(20)17(22)13(21)8-10)9-14(23-27-19)11-4-5-16(18(25)26)24-6-2-3-15(11)24;1-7(13)8-4-5-9-10(6-8)12(14)15-11(9,2)3;/h5-14,16,39H,15H2,1-4H3,(H,35,38);2-8H,9H2,1H3,(H,25,26);4-7,14H,13H2,1-3H3;1H. The fourth-order valence-electron chi connectivity index (χ4n) is 10.9. The molecule has 0 saturated carbocycles. The zero-order chi connectivity index (χ0) is 59.8. The maximum atomic E-state index is 13.5. The van der Waals surface area contributed by atoms with E-state index in [4.69, 9.17) is 94.3 Å². The highest BCUT2D eigenvalue weighted by Crippen LogP contribution is 2.44. The first-order valence-corrected chi connectivity index (χ1v) is 28.7. The second-order valence-corrected chi connectivity index (χ2v) is 24.7. The van der Waals surface area contributed by atoms with Gasteiger partial charge in [-0.1, -0.05) is 116 Å². The maximum Gasteiger partial charge on any atom is 0.492 e. The number of aromatic nitrogens is 2. The topological polar surface area (TPSA) is 203 Å². The lowest BCUT2D eigenvalue weighted by atomic mass is 9.77. The van der Waals surface area contributed by atoms with Gasteiger partial charge in [-0.15, -0.1) is 12.4 Å². The summed E-state index contributed by atoms with van der Waals surface area (Å²) in [7, 11) is -1.82. The van der Waals surface area contributed by atoms with Crippen LogP contribution < -0.4 is 22.0 Å². The molecule has 4 aromatic carbocycles. The van der Waals surface area contributed by atoms with Gasteiger partial charge >= 0.3 is 20.2 Å². The molecule has 0 fully saturated rings. The Kier molecular flexibility index (Phi) is 17.8. The molecule has 0 aliphatic carbocycles. The Hall–Kier alpha value is -5.76. The van der Waals surface area contributed by atoms with Crippen LogP contribution in [-0.2, 0) is 41.4 Å². The van der Waals surface area contributed by atoms with E-state index in [9.17, 15) is 24.7 Å². The molecule has 8 heterocycles. The van der Waals surface area contributed by atoms with Crippen molar-refractivity contribution in [2.45, 2.75) is 103 Å². The number of fused-ring (bicyclic) bond motifs is 4. The number of carboxylic acids is 1. The number of aromatic carboxylic acids is 1. The molecule has 4 unspecified atom stereocenters. The Morgan fingerprint density at radius 3 is 1.44 bits per heavy atom. The van der Waals surface area contributed by atoms with Crippen molar-refractivity contribution in [3.63, 3.8) is 0 Å². The molecule has 0 spiro atoms. The van der Waals surface area contributed by atoms with Crippen molar-refractivity contribution in [1.82, 2.24) is 14.1 Å². The van der Waals surface area contributed by atoms with E-state index in [2.05, 4.69) is 15.6 Å². The average molecular weight is 1280 g/mol. The normalized spacial score (nSPS) is 19.6. The van der Waals surface area contributed by atoms with Gasteiger partial charge in [-0.05, 0) is 161 Å². The molecule has 0 radical (unpaired) electrons. The molecule has 6 N–H and O–H groups in total. The lowest BCUT2D eigenvalue weighted by Crippen LogP contribution is -2.31. The predicted molar refractivity (Wildman–Crippen MR) is 336 cm³/mol. The molecule has 4 atom stereocenters. The van der Waals surface area contributed by atoms with Crippen LogP contribution >= 0.6 is 82.0 Å². The van der Waals surface area contributed by atoms with Gasteiger partial charge < -0.3 is 54.0 Å². The highest BCUT2D eigenvalue weighted by Gasteiger charge is 2.43. The number of oxime groups is 2. The minimum absolute atomic E-state index is 0. The van der Waals surface area contributed by atoms with Crippen molar-refractivity contribution in [2.75, 3.05) is 0 Å². The Bertz CT molecular complexity index is 3960. The van der Waals surface area contributed by atoms with E-state index in [1.54, 1.807) is 59.1 Å². The molecule has 12 rings (SSSR count). The maximum absolute atomic E-state index is 13.5. The second-order valence-electron chi connectivity index (χ2n) is 22.3. The van der Waals surface area contributed by atoms with E-state index in [0.29, 0.717) is 54.4 Å². The van der Waals surface area contributed by atoms with E-state index < -0.39 is 42.6 Å². The molecule has 0 bridgehead atoms. The molecule has 0 saturated heterocycles. The highest BCUT2D eigenvalue weighted by atomic mass is 35.5. The summed E-state index contributed by atoms with van der Waals surface area (Å²) in [5.41, 5.74) is 15.6. The number of nitrogens with one attached hydrogen (secondary N) is 1. The zero-order valence-electron chi connectivity index (χ0n) is 46.6. The number of halogens is 7. The minimum atomic E-state index is -0.998. The third kappa shape index (κ3) is 11.9. The molecule has 24 heteroatoms. The number of pyridine rings is 2. The fourth-order valence-corrected chi connectivity index (χ4v) is 12.1. The van der Waals surface area contributed by atoms with E-state index in [1.165, 1.54) is 0 Å². The second kappa shape index (κ2) is 23.8. The van der Waals surface area contributed by atoms with Gasteiger partial charge in [0.25, 0.3) is 5.91 Å². The largest absolute Gasteiger partial charge is 0.492 e. The Morgan fingerprint density at radius 1 is 0.607 bits per heavy atom. The first-order valence-electron chi connectivity index (χ1n) is 26.4. The number of rotatable bonds is 9. The number of benzene rings is 4. The van der Waals surface area contributed by atoms with Crippen LogP contribution in [0.1, 0.15) is 146 Å². The molecule has 436 valence electrons. The van der Waals surface area contributed by atoms with Gasteiger partial charge in [-0.25, -0.2) is 4.79 Å². The first kappa shape index (κ1) is 62.8. The number of hydrogen-bond acceptors (Lipinski definition) is 11. The number of hydrogen-bond donors (Lipinski definition) is 5. The molecule has 4 aliphatic rings. The van der Waals surface area contributed by atoms with Crippen LogP contribution in [0.15, 0.2) is 132 Å². The van der Waals surface area contributed by atoms with Gasteiger partial charge in [-0.3, -0.25) is 4.79 Å². The lowest BCUT2D eigenvalue weighted by molar-refractivity contribution is -0.00755. The molecular formula is C60H57B2Cl7N6O9. The molecule has 4 aromatic heterocycles. The van der Waals surface area contributed by atoms with Crippen LogP contribution in [0.4, 0.5) is 0 Å². The first-order chi connectivity index (χ1) is 39.1. The summed E-state index contributed by atoms with van der Waals surface area (Å²) >= 11 is 37.0. The summed E-state index contributed by atoms with van der Waals surface area (Å²) in [5, 5.41) is 43.2. The summed E-state index contributed by atoms with van der Waals surface area (Å²) in [5.74, 6) is -1.23. The smallest absolute Gasteiger partial charge is 0.477 e. The van der Waals surface area contributed by atoms with Gasteiger partial charge in [0.2, 0.25) is 0 Å². The third-order valence-electron chi connectivity index (χ3n) is 15.5. The van der Waals surface area contributed by atoms with Gasteiger partial charge in [0.15, 0.2) is 11.2 Å². The lowest BCUT2D eigenvalue weighted by Gasteiger charge is -2.23. The van der Waals surface area contributed by atoms with Crippen molar-refractivity contribution in [3.05, 3.63) is 208 Å². The molecular weight excluding hydrogens is 1220 g/mol. The molecule has 84 heavy (non-hydrogen) atoms. The van der Waals surface area contributed by atoms with Crippen molar-refractivity contribution in [3.8, 4) is 0 Å². The summed E-state index contributed by atoms with van der Waals surface area (Å²) in [4.78, 5) is 36.5. The van der Waals surface area contributed by atoms with Crippen LogP contribution in [0.2, 0.25) is 30.1 Å². The van der Waals surface area contributed by atoms with Gasteiger partial charge in [0, 0.05) is 53.5 Å². The van der Waals surface area contributed by atoms with Crippen molar-refractivity contribution < 1.29 is 43.7 Å². The van der Waals surface area contributed by atoms with Crippen LogP contribution in [-0.4, -0.2) is 61.5 Å². The van der Waals surface area contributed by atoms with Crippen molar-refractivity contribution in [2.24, 2.45) is 16.0 Å². The van der Waals surface area contributed by atoms with Crippen molar-refractivity contribution >= 4 is 142 Å². The van der Waals surface area contributed by atoms with Crippen molar-refractivity contribution in [1.29, 1.82) is 0 Å². The van der Waals surface area contributed by atoms with E-state index in [1.807, 2.05) is 127 Å². The number of amides is 1. The van der Waals surface area contributed by atoms with Crippen LogP contribution in [0.3, 0.4) is 0 Å².